The second-order valence-corrected chi connectivity index (χ2v) is 7.82. The Balaban J connectivity index is 2.87. The summed E-state index contributed by atoms with van der Waals surface area (Å²) >= 11 is 3.86. The number of hydrogen-bond donors (Lipinski definition) is 7. The highest BCUT2D eigenvalue weighted by atomic mass is 32.1. The molecule has 170 valence electrons. The number of carbonyl (C=O) groups excluding carboxylic acids is 3. The van der Waals surface area contributed by atoms with Gasteiger partial charge in [-0.15, -0.1) is 0 Å². The van der Waals surface area contributed by atoms with Gasteiger partial charge < -0.3 is 31.5 Å². The smallest absolute Gasteiger partial charge is 0.327 e. The first-order valence-electron chi connectivity index (χ1n) is 9.76. The van der Waals surface area contributed by atoms with Crippen molar-refractivity contribution in [1.82, 2.24) is 21.3 Å². The Morgan fingerprint density at radius 3 is 2.13 bits per heavy atom. The molecule has 0 saturated carbocycles. The number of rotatable bonds is 12. The number of aliphatic carboxylic acids is 2. The van der Waals surface area contributed by atoms with Crippen molar-refractivity contribution in [1.29, 1.82) is 0 Å². The molecule has 0 aliphatic carbocycles. The summed E-state index contributed by atoms with van der Waals surface area (Å²) in [6, 6.07) is -3.91. The largest absolute Gasteiger partial charge is 0.481 e. The van der Waals surface area contributed by atoms with E-state index in [0.717, 1.165) is 6.42 Å². The highest BCUT2D eigenvalue weighted by Crippen LogP contribution is 2.09. The maximum Gasteiger partial charge on any atom is 0.327 e. The van der Waals surface area contributed by atoms with E-state index in [0.29, 0.717) is 13.0 Å². The van der Waals surface area contributed by atoms with Gasteiger partial charge in [-0.3, -0.25) is 19.2 Å². The van der Waals surface area contributed by atoms with Crippen molar-refractivity contribution < 1.29 is 34.2 Å². The molecule has 12 heteroatoms. The van der Waals surface area contributed by atoms with Crippen LogP contribution in [0.4, 0.5) is 0 Å². The van der Waals surface area contributed by atoms with Crippen LogP contribution < -0.4 is 21.3 Å². The van der Waals surface area contributed by atoms with E-state index in [2.05, 4.69) is 33.9 Å². The summed E-state index contributed by atoms with van der Waals surface area (Å²) in [6.45, 7) is 4.16. The lowest BCUT2D eigenvalue weighted by atomic mass is 10.0. The van der Waals surface area contributed by atoms with Crippen LogP contribution in [0, 0.1) is 5.92 Å². The second kappa shape index (κ2) is 12.4. The third kappa shape index (κ3) is 8.19. The number of carbonyl (C=O) groups is 5. The molecule has 0 bridgehead atoms. The van der Waals surface area contributed by atoms with Crippen LogP contribution >= 0.6 is 12.6 Å². The quantitative estimate of drug-likeness (QED) is 0.182. The lowest BCUT2D eigenvalue weighted by Gasteiger charge is -2.26. The molecule has 1 saturated heterocycles. The van der Waals surface area contributed by atoms with Crippen molar-refractivity contribution in [3.05, 3.63) is 0 Å². The summed E-state index contributed by atoms with van der Waals surface area (Å²) in [5.41, 5.74) is 0. The maximum atomic E-state index is 12.8. The number of thiol groups is 1. The molecule has 6 N–H and O–H groups in total. The zero-order chi connectivity index (χ0) is 22.8. The van der Waals surface area contributed by atoms with Gasteiger partial charge in [0.05, 0.1) is 6.04 Å². The van der Waals surface area contributed by atoms with E-state index < -0.39 is 54.3 Å². The van der Waals surface area contributed by atoms with Crippen molar-refractivity contribution in [3.8, 4) is 0 Å². The molecule has 0 aromatic heterocycles. The minimum atomic E-state index is -1.31. The van der Waals surface area contributed by atoms with Gasteiger partial charge in [-0.05, 0) is 31.7 Å². The molecule has 1 heterocycles. The van der Waals surface area contributed by atoms with E-state index in [1.807, 2.05) is 0 Å². The summed E-state index contributed by atoms with van der Waals surface area (Å²) in [4.78, 5) is 59.7. The third-order valence-corrected chi connectivity index (χ3v) is 5.07. The minimum absolute atomic E-state index is 0.181. The van der Waals surface area contributed by atoms with Gasteiger partial charge in [-0.2, -0.15) is 12.6 Å². The van der Waals surface area contributed by atoms with Crippen LogP contribution in [0.1, 0.15) is 39.5 Å². The van der Waals surface area contributed by atoms with E-state index in [1.165, 1.54) is 0 Å². The summed E-state index contributed by atoms with van der Waals surface area (Å²) in [6.07, 6.45) is 0.850. The third-order valence-electron chi connectivity index (χ3n) is 4.70. The van der Waals surface area contributed by atoms with Crippen molar-refractivity contribution in [3.63, 3.8) is 0 Å². The summed E-state index contributed by atoms with van der Waals surface area (Å²) in [5.74, 6) is -4.78. The number of carboxylic acid groups (broad SMARTS) is 2. The molecule has 11 nitrogen and oxygen atoms in total. The molecular weight excluding hydrogens is 416 g/mol. The van der Waals surface area contributed by atoms with Gasteiger partial charge in [0.1, 0.15) is 18.1 Å². The van der Waals surface area contributed by atoms with E-state index in [-0.39, 0.29) is 24.0 Å². The van der Waals surface area contributed by atoms with Crippen molar-refractivity contribution in [2.75, 3.05) is 12.3 Å². The van der Waals surface area contributed by atoms with Gasteiger partial charge in [-0.25, -0.2) is 4.79 Å². The van der Waals surface area contributed by atoms with Crippen LogP contribution in [0.25, 0.3) is 0 Å². The van der Waals surface area contributed by atoms with Gasteiger partial charge in [0, 0.05) is 12.2 Å². The van der Waals surface area contributed by atoms with Crippen LogP contribution in [0.2, 0.25) is 0 Å². The molecule has 1 fully saturated rings. The Morgan fingerprint density at radius 2 is 1.67 bits per heavy atom. The fraction of sp³-hybridized carbons (Fsp3) is 0.722. The molecule has 1 aliphatic heterocycles. The van der Waals surface area contributed by atoms with Gasteiger partial charge in [0.25, 0.3) is 0 Å². The molecule has 4 atom stereocenters. The van der Waals surface area contributed by atoms with Crippen LogP contribution in [0.15, 0.2) is 0 Å². The molecule has 3 amide bonds. The highest BCUT2D eigenvalue weighted by molar-refractivity contribution is 7.80. The molecule has 0 aromatic carbocycles. The lowest BCUT2D eigenvalue weighted by molar-refractivity contribution is -0.142. The zero-order valence-electron chi connectivity index (χ0n) is 17.0. The number of hydrogen-bond acceptors (Lipinski definition) is 7. The normalized spacial score (nSPS) is 18.9. The van der Waals surface area contributed by atoms with E-state index >= 15 is 0 Å². The van der Waals surface area contributed by atoms with Gasteiger partial charge in [0.15, 0.2) is 0 Å². The Bertz CT molecular complexity index is 652. The SMILES string of the molecule is CC(C)C(NC(=O)C1CCCN1)C(=O)NC(CCC(=O)O)C(=O)NC(CS)C(=O)O. The van der Waals surface area contributed by atoms with Crippen LogP contribution in [0.5, 0.6) is 0 Å². The van der Waals surface area contributed by atoms with E-state index in [1.54, 1.807) is 13.8 Å². The van der Waals surface area contributed by atoms with Gasteiger partial charge in [-0.1, -0.05) is 13.8 Å². The summed E-state index contributed by atoms with van der Waals surface area (Å²) in [7, 11) is 0. The first-order chi connectivity index (χ1) is 14.1. The van der Waals surface area contributed by atoms with Crippen molar-refractivity contribution >= 4 is 42.3 Å². The van der Waals surface area contributed by atoms with Crippen LogP contribution in [-0.4, -0.2) is 76.3 Å². The Morgan fingerprint density at radius 1 is 1.03 bits per heavy atom. The average Bonchev–Trinajstić information content (AvgIpc) is 3.20. The molecule has 1 rings (SSSR count). The molecule has 1 aliphatic rings. The average molecular weight is 447 g/mol. The molecule has 0 radical (unpaired) electrons. The van der Waals surface area contributed by atoms with E-state index in [9.17, 15) is 24.0 Å². The van der Waals surface area contributed by atoms with E-state index in [4.69, 9.17) is 10.2 Å². The lowest BCUT2D eigenvalue weighted by Crippen LogP contribution is -2.58. The van der Waals surface area contributed by atoms with Gasteiger partial charge >= 0.3 is 11.9 Å². The molecule has 0 aromatic rings. The predicted molar refractivity (Wildman–Crippen MR) is 110 cm³/mol. The fourth-order valence-electron chi connectivity index (χ4n) is 2.95. The Labute approximate surface area is 180 Å². The molecular formula is C18H30N4O7S. The van der Waals surface area contributed by atoms with Crippen molar-refractivity contribution in [2.45, 2.75) is 63.7 Å². The maximum absolute atomic E-state index is 12.8. The molecule has 30 heavy (non-hydrogen) atoms. The number of carboxylic acids is 2. The monoisotopic (exact) mass is 446 g/mol. The van der Waals surface area contributed by atoms with Crippen molar-refractivity contribution in [2.24, 2.45) is 5.92 Å². The highest BCUT2D eigenvalue weighted by Gasteiger charge is 2.32. The Hall–Kier alpha value is -2.34. The number of amides is 3. The fourth-order valence-corrected chi connectivity index (χ4v) is 3.20. The minimum Gasteiger partial charge on any atom is -0.481 e. The van der Waals surface area contributed by atoms with Crippen LogP contribution in [-0.2, 0) is 24.0 Å². The Kier molecular flexibility index (Phi) is 10.6. The zero-order valence-corrected chi connectivity index (χ0v) is 17.9. The predicted octanol–water partition coefficient (Wildman–Crippen LogP) is -1.27. The first-order valence-corrected chi connectivity index (χ1v) is 10.4. The number of nitrogens with one attached hydrogen (secondary N) is 4. The van der Waals surface area contributed by atoms with Gasteiger partial charge in [0.2, 0.25) is 17.7 Å². The van der Waals surface area contributed by atoms with Crippen LogP contribution in [0.3, 0.4) is 0 Å². The standard InChI is InChI=1S/C18H30N4O7S/c1-9(2)14(22-15(25)10-4-3-7-19-10)17(27)20-11(5-6-13(23)24)16(26)21-12(8-30)18(28)29/h9-12,14,19,30H,3-8H2,1-2H3,(H,20,27)(H,21,26)(H,22,25)(H,23,24)(H,28,29). The summed E-state index contributed by atoms with van der Waals surface area (Å²) < 4.78 is 0. The molecule has 0 spiro atoms. The topological polar surface area (TPSA) is 174 Å². The summed E-state index contributed by atoms with van der Waals surface area (Å²) in [5, 5.41) is 28.4. The second-order valence-electron chi connectivity index (χ2n) is 7.45. The first kappa shape index (κ1) is 25.7. The molecule has 4 unspecified atom stereocenters.